The smallest absolute Gasteiger partial charge is 0.0661 e. The molecule has 2 fully saturated rings. The van der Waals surface area contributed by atoms with E-state index in [1.54, 1.807) is 0 Å². The third kappa shape index (κ3) is 3.39. The molecule has 2 saturated carbocycles. The van der Waals surface area contributed by atoms with Crippen LogP contribution in [0.4, 0.5) is 0 Å². The standard InChI is InChI=1S/C18H35NO/c1-4-6-10-15(5-2)14-20-17-13-16(19-3)18(17)11-8-7-9-12-18/h15-17,19H,4-14H2,1-3H3. The zero-order valence-corrected chi connectivity index (χ0v) is 13.9. The van der Waals surface area contributed by atoms with Crippen molar-refractivity contribution in [1.29, 1.82) is 0 Å². The minimum absolute atomic E-state index is 0.482. The van der Waals surface area contributed by atoms with E-state index in [0.717, 1.165) is 12.5 Å². The molecule has 0 aliphatic heterocycles. The summed E-state index contributed by atoms with van der Waals surface area (Å²) in [5.41, 5.74) is 0.482. The van der Waals surface area contributed by atoms with E-state index in [1.165, 1.54) is 64.2 Å². The molecule has 3 atom stereocenters. The second-order valence-corrected chi connectivity index (χ2v) is 7.11. The maximum absolute atomic E-state index is 6.41. The Bertz CT molecular complexity index is 273. The van der Waals surface area contributed by atoms with Crippen molar-refractivity contribution >= 4 is 0 Å². The van der Waals surface area contributed by atoms with Crippen molar-refractivity contribution in [3.63, 3.8) is 0 Å². The van der Waals surface area contributed by atoms with Crippen molar-refractivity contribution in [3.05, 3.63) is 0 Å². The van der Waals surface area contributed by atoms with E-state index in [9.17, 15) is 0 Å². The normalized spacial score (nSPS) is 30.1. The van der Waals surface area contributed by atoms with Crippen LogP contribution in [0.1, 0.15) is 78.1 Å². The predicted molar refractivity (Wildman–Crippen MR) is 86.0 cm³/mol. The number of hydrogen-bond donors (Lipinski definition) is 1. The summed E-state index contributed by atoms with van der Waals surface area (Å²) in [4.78, 5) is 0. The van der Waals surface area contributed by atoms with E-state index in [1.807, 2.05) is 0 Å². The van der Waals surface area contributed by atoms with Gasteiger partial charge in [0.25, 0.3) is 0 Å². The van der Waals surface area contributed by atoms with Gasteiger partial charge in [0.05, 0.1) is 6.10 Å². The fourth-order valence-corrected chi connectivity index (χ4v) is 4.42. The van der Waals surface area contributed by atoms with Crippen molar-refractivity contribution in [2.75, 3.05) is 13.7 Å². The fraction of sp³-hybridized carbons (Fsp3) is 1.00. The van der Waals surface area contributed by atoms with Crippen molar-refractivity contribution < 1.29 is 4.74 Å². The minimum Gasteiger partial charge on any atom is -0.377 e. The Kier molecular flexibility index (Phi) is 6.35. The zero-order chi connectivity index (χ0) is 14.4. The molecule has 3 unspecified atom stereocenters. The molecule has 2 rings (SSSR count). The molecule has 2 heteroatoms. The summed E-state index contributed by atoms with van der Waals surface area (Å²) in [6.45, 7) is 5.60. The van der Waals surface area contributed by atoms with Crippen LogP contribution >= 0.6 is 0 Å². The first-order valence-corrected chi connectivity index (χ1v) is 9.05. The van der Waals surface area contributed by atoms with Crippen LogP contribution in [0, 0.1) is 11.3 Å². The topological polar surface area (TPSA) is 21.3 Å². The SMILES string of the molecule is CCCCC(CC)COC1CC(NC)C12CCCCC2. The summed E-state index contributed by atoms with van der Waals surface area (Å²) >= 11 is 0. The largest absolute Gasteiger partial charge is 0.377 e. The summed E-state index contributed by atoms with van der Waals surface area (Å²) in [6.07, 6.45) is 14.1. The Labute approximate surface area is 126 Å². The van der Waals surface area contributed by atoms with Gasteiger partial charge < -0.3 is 10.1 Å². The molecular formula is C18H35NO. The van der Waals surface area contributed by atoms with Crippen LogP contribution < -0.4 is 5.32 Å². The molecule has 0 aromatic heterocycles. The van der Waals surface area contributed by atoms with Crippen LogP contribution in [0.25, 0.3) is 0 Å². The number of nitrogens with one attached hydrogen (secondary N) is 1. The second-order valence-electron chi connectivity index (χ2n) is 7.11. The first-order valence-electron chi connectivity index (χ1n) is 9.05. The Morgan fingerprint density at radius 3 is 2.55 bits per heavy atom. The molecule has 20 heavy (non-hydrogen) atoms. The zero-order valence-electron chi connectivity index (χ0n) is 13.9. The van der Waals surface area contributed by atoms with Gasteiger partial charge >= 0.3 is 0 Å². The van der Waals surface area contributed by atoms with E-state index in [4.69, 9.17) is 4.74 Å². The van der Waals surface area contributed by atoms with Crippen molar-refractivity contribution in [2.24, 2.45) is 11.3 Å². The van der Waals surface area contributed by atoms with Gasteiger partial charge in [-0.15, -0.1) is 0 Å². The monoisotopic (exact) mass is 281 g/mol. The van der Waals surface area contributed by atoms with Crippen LogP contribution in [0.5, 0.6) is 0 Å². The van der Waals surface area contributed by atoms with Gasteiger partial charge in [-0.2, -0.15) is 0 Å². The lowest BCUT2D eigenvalue weighted by atomic mass is 9.55. The van der Waals surface area contributed by atoms with E-state index in [0.29, 0.717) is 17.6 Å². The van der Waals surface area contributed by atoms with E-state index >= 15 is 0 Å². The third-order valence-electron chi connectivity index (χ3n) is 5.99. The summed E-state index contributed by atoms with van der Waals surface area (Å²) in [5.74, 6) is 0.782. The lowest BCUT2D eigenvalue weighted by Gasteiger charge is -2.58. The maximum atomic E-state index is 6.41. The number of ether oxygens (including phenoxy) is 1. The number of hydrogen-bond acceptors (Lipinski definition) is 2. The Morgan fingerprint density at radius 1 is 1.20 bits per heavy atom. The molecule has 0 aromatic rings. The minimum atomic E-state index is 0.482. The lowest BCUT2D eigenvalue weighted by molar-refractivity contribution is -0.157. The summed E-state index contributed by atoms with van der Waals surface area (Å²) in [7, 11) is 2.13. The Balaban J connectivity index is 1.82. The molecular weight excluding hydrogens is 246 g/mol. The van der Waals surface area contributed by atoms with Crippen molar-refractivity contribution in [3.8, 4) is 0 Å². The van der Waals surface area contributed by atoms with Gasteiger partial charge in [0.15, 0.2) is 0 Å². The van der Waals surface area contributed by atoms with Crippen LogP contribution in [-0.2, 0) is 4.74 Å². The van der Waals surface area contributed by atoms with E-state index < -0.39 is 0 Å². The van der Waals surface area contributed by atoms with Gasteiger partial charge in [-0.05, 0) is 38.6 Å². The van der Waals surface area contributed by atoms with Gasteiger partial charge in [-0.3, -0.25) is 0 Å². The summed E-state index contributed by atoms with van der Waals surface area (Å²) < 4.78 is 6.41. The van der Waals surface area contributed by atoms with Gasteiger partial charge in [0, 0.05) is 18.1 Å². The van der Waals surface area contributed by atoms with Gasteiger partial charge in [0.1, 0.15) is 0 Å². The summed E-state index contributed by atoms with van der Waals surface area (Å²) in [5, 5.41) is 3.55. The molecule has 0 heterocycles. The third-order valence-corrected chi connectivity index (χ3v) is 5.99. The lowest BCUT2D eigenvalue weighted by Crippen LogP contribution is -2.64. The Hall–Kier alpha value is -0.0800. The average molecular weight is 281 g/mol. The quantitative estimate of drug-likeness (QED) is 0.706. The average Bonchev–Trinajstić information content (AvgIpc) is 2.50. The van der Waals surface area contributed by atoms with Crippen molar-refractivity contribution in [2.45, 2.75) is 90.2 Å². The molecule has 1 spiro atoms. The van der Waals surface area contributed by atoms with E-state index in [2.05, 4.69) is 26.2 Å². The molecule has 0 saturated heterocycles. The van der Waals surface area contributed by atoms with Crippen LogP contribution in [0.2, 0.25) is 0 Å². The van der Waals surface area contributed by atoms with Gasteiger partial charge in [-0.25, -0.2) is 0 Å². The number of rotatable bonds is 8. The van der Waals surface area contributed by atoms with Crippen LogP contribution in [-0.4, -0.2) is 25.8 Å². The Morgan fingerprint density at radius 2 is 1.95 bits per heavy atom. The molecule has 1 N–H and O–H groups in total. The highest BCUT2D eigenvalue weighted by atomic mass is 16.5. The fourth-order valence-electron chi connectivity index (χ4n) is 4.42. The molecule has 0 amide bonds. The van der Waals surface area contributed by atoms with Gasteiger partial charge in [-0.1, -0.05) is 52.4 Å². The second kappa shape index (κ2) is 7.79. The molecule has 2 aliphatic carbocycles. The van der Waals surface area contributed by atoms with Crippen LogP contribution in [0.15, 0.2) is 0 Å². The molecule has 0 aromatic carbocycles. The first kappa shape index (κ1) is 16.3. The highest BCUT2D eigenvalue weighted by Crippen LogP contribution is 2.53. The molecule has 2 nitrogen and oxygen atoms in total. The number of unbranched alkanes of at least 4 members (excludes halogenated alkanes) is 1. The summed E-state index contributed by atoms with van der Waals surface area (Å²) in [6, 6.07) is 0.712. The highest BCUT2D eigenvalue weighted by molar-refractivity contribution is 5.08. The van der Waals surface area contributed by atoms with Gasteiger partial charge in [0.2, 0.25) is 0 Å². The first-order chi connectivity index (χ1) is 9.76. The predicted octanol–water partition coefficient (Wildman–Crippen LogP) is 4.53. The van der Waals surface area contributed by atoms with Crippen LogP contribution in [0.3, 0.4) is 0 Å². The van der Waals surface area contributed by atoms with E-state index in [-0.39, 0.29) is 0 Å². The highest BCUT2D eigenvalue weighted by Gasteiger charge is 2.54. The molecule has 2 aliphatic rings. The maximum Gasteiger partial charge on any atom is 0.0661 e. The van der Waals surface area contributed by atoms with Crippen molar-refractivity contribution in [1.82, 2.24) is 5.32 Å². The molecule has 0 bridgehead atoms. The molecule has 0 radical (unpaired) electrons. The molecule has 118 valence electrons.